The Balaban J connectivity index is 1.32. The Morgan fingerprint density at radius 1 is 1.09 bits per heavy atom. The van der Waals surface area contributed by atoms with Crippen LogP contribution in [0.25, 0.3) is 5.82 Å². The molecule has 2 atom stereocenters. The van der Waals surface area contributed by atoms with Crippen LogP contribution in [0.1, 0.15) is 35.6 Å². The molecular formula is C21H22ClFN8O. The van der Waals surface area contributed by atoms with Crippen molar-refractivity contribution in [1.82, 2.24) is 34.4 Å². The van der Waals surface area contributed by atoms with Crippen LogP contribution in [0.15, 0.2) is 37.2 Å². The number of nitrogens with zero attached hydrogens (tertiary/aromatic N) is 8. The van der Waals surface area contributed by atoms with Gasteiger partial charge in [-0.25, -0.2) is 29.3 Å². The number of amides is 1. The van der Waals surface area contributed by atoms with Crippen LogP contribution in [0.2, 0.25) is 5.02 Å². The third kappa shape index (κ3) is 4.02. The fourth-order valence-corrected chi connectivity index (χ4v) is 4.20. The third-order valence-corrected chi connectivity index (χ3v) is 6.05. The van der Waals surface area contributed by atoms with Crippen LogP contribution in [0.5, 0.6) is 0 Å². The molecular weight excluding hydrogens is 435 g/mol. The summed E-state index contributed by atoms with van der Waals surface area (Å²) in [6, 6.07) is -0.475. The SMILES string of the molecule is Cc1nccn1-c1cnc(C(=O)N(C2CC2)C2CCN(c3ncc(Cl)cn3)CC2F)cn1. The number of hydrogen-bond donors (Lipinski definition) is 0. The zero-order valence-electron chi connectivity index (χ0n) is 17.5. The predicted molar refractivity (Wildman–Crippen MR) is 116 cm³/mol. The molecule has 4 heterocycles. The van der Waals surface area contributed by atoms with Crippen LogP contribution in [-0.2, 0) is 0 Å². The van der Waals surface area contributed by atoms with Gasteiger partial charge in [0.1, 0.15) is 17.7 Å². The quantitative estimate of drug-likeness (QED) is 0.582. The number of anilines is 1. The molecule has 11 heteroatoms. The molecule has 1 aliphatic heterocycles. The van der Waals surface area contributed by atoms with E-state index < -0.39 is 12.2 Å². The van der Waals surface area contributed by atoms with Gasteiger partial charge in [-0.15, -0.1) is 0 Å². The lowest BCUT2D eigenvalue weighted by Crippen LogP contribution is -2.55. The first kappa shape index (κ1) is 20.7. The van der Waals surface area contributed by atoms with Crippen molar-refractivity contribution < 1.29 is 9.18 Å². The molecule has 2 unspecified atom stereocenters. The molecule has 0 bridgehead atoms. The van der Waals surface area contributed by atoms with Gasteiger partial charge < -0.3 is 9.80 Å². The first-order valence-electron chi connectivity index (χ1n) is 10.5. The van der Waals surface area contributed by atoms with Gasteiger partial charge in [0.25, 0.3) is 5.91 Å². The summed E-state index contributed by atoms with van der Waals surface area (Å²) in [6.07, 6.45) is 10.4. The number of halogens is 2. The minimum absolute atomic E-state index is 0.0430. The Morgan fingerprint density at radius 2 is 1.88 bits per heavy atom. The van der Waals surface area contributed by atoms with E-state index in [9.17, 15) is 4.79 Å². The predicted octanol–water partition coefficient (Wildman–Crippen LogP) is 2.64. The molecule has 1 saturated carbocycles. The van der Waals surface area contributed by atoms with Gasteiger partial charge in [0, 0.05) is 25.0 Å². The Morgan fingerprint density at radius 3 is 2.47 bits per heavy atom. The standard InChI is InChI=1S/C21H22ClFN8O/c1-13-24-5-7-30(13)19-11-25-17(10-26-19)20(32)31(15-2-3-15)18-4-6-29(12-16(18)23)21-27-8-14(22)9-28-21/h5,7-11,15-16,18H,2-4,6,12H2,1H3. The molecule has 5 rings (SSSR count). The van der Waals surface area contributed by atoms with Crippen LogP contribution < -0.4 is 4.90 Å². The number of carbonyl (C=O) groups excluding carboxylic acids is 1. The van der Waals surface area contributed by atoms with Gasteiger partial charge in [-0.3, -0.25) is 9.36 Å². The van der Waals surface area contributed by atoms with Crippen molar-refractivity contribution in [1.29, 1.82) is 0 Å². The highest BCUT2D eigenvalue weighted by molar-refractivity contribution is 6.30. The number of aryl methyl sites for hydroxylation is 1. The van der Waals surface area contributed by atoms with Crippen molar-refractivity contribution in [2.75, 3.05) is 18.0 Å². The fraction of sp³-hybridized carbons (Fsp3) is 0.429. The maximum Gasteiger partial charge on any atom is 0.274 e. The van der Waals surface area contributed by atoms with E-state index in [-0.39, 0.29) is 24.2 Å². The Kier molecular flexibility index (Phi) is 5.46. The molecule has 2 aliphatic rings. The molecule has 1 amide bonds. The normalized spacial score (nSPS) is 20.9. The molecule has 3 aromatic heterocycles. The van der Waals surface area contributed by atoms with Crippen LogP contribution in [0.3, 0.4) is 0 Å². The Bertz CT molecular complexity index is 1100. The molecule has 0 spiro atoms. The molecule has 0 radical (unpaired) electrons. The molecule has 9 nitrogen and oxygen atoms in total. The summed E-state index contributed by atoms with van der Waals surface area (Å²) in [4.78, 5) is 38.0. The summed E-state index contributed by atoms with van der Waals surface area (Å²) < 4.78 is 17.1. The summed E-state index contributed by atoms with van der Waals surface area (Å²) in [7, 11) is 0. The number of aromatic nitrogens is 6. The Hall–Kier alpha value is -3.14. The second kappa shape index (κ2) is 8.42. The largest absolute Gasteiger partial charge is 0.338 e. The lowest BCUT2D eigenvalue weighted by Gasteiger charge is -2.40. The zero-order valence-corrected chi connectivity index (χ0v) is 18.2. The van der Waals surface area contributed by atoms with Crippen molar-refractivity contribution in [3.8, 4) is 5.82 Å². The average molecular weight is 457 g/mol. The van der Waals surface area contributed by atoms with E-state index in [1.807, 2.05) is 6.92 Å². The summed E-state index contributed by atoms with van der Waals surface area (Å²) in [5.41, 5.74) is 0.217. The van der Waals surface area contributed by atoms with Crippen molar-refractivity contribution >= 4 is 23.5 Å². The molecule has 3 aromatic rings. The number of carbonyl (C=O) groups is 1. The molecule has 1 saturated heterocycles. The van der Waals surface area contributed by atoms with Gasteiger partial charge in [-0.1, -0.05) is 11.6 Å². The van der Waals surface area contributed by atoms with E-state index in [4.69, 9.17) is 11.6 Å². The number of imidazole rings is 1. The molecule has 0 aromatic carbocycles. The van der Waals surface area contributed by atoms with Gasteiger partial charge in [0.05, 0.1) is 42.4 Å². The number of rotatable bonds is 5. The molecule has 0 N–H and O–H groups in total. The minimum atomic E-state index is -1.23. The molecule has 1 aliphatic carbocycles. The van der Waals surface area contributed by atoms with Crippen LogP contribution in [0.4, 0.5) is 10.3 Å². The number of alkyl halides is 1. The highest BCUT2D eigenvalue weighted by Crippen LogP contribution is 2.34. The maximum absolute atomic E-state index is 15.3. The van der Waals surface area contributed by atoms with Gasteiger partial charge in [0.15, 0.2) is 5.82 Å². The monoisotopic (exact) mass is 456 g/mol. The van der Waals surface area contributed by atoms with Crippen molar-refractivity contribution in [2.24, 2.45) is 0 Å². The second-order valence-electron chi connectivity index (χ2n) is 8.07. The van der Waals surface area contributed by atoms with E-state index in [2.05, 4.69) is 24.9 Å². The molecule has 32 heavy (non-hydrogen) atoms. The van der Waals surface area contributed by atoms with Crippen molar-refractivity contribution in [2.45, 2.75) is 44.4 Å². The van der Waals surface area contributed by atoms with Crippen LogP contribution >= 0.6 is 11.6 Å². The minimum Gasteiger partial charge on any atom is -0.338 e. The zero-order chi connectivity index (χ0) is 22.2. The van der Waals surface area contributed by atoms with Gasteiger partial charge >= 0.3 is 0 Å². The molecule has 2 fully saturated rings. The van der Waals surface area contributed by atoms with Crippen LogP contribution in [-0.4, -0.2) is 71.6 Å². The lowest BCUT2D eigenvalue weighted by molar-refractivity contribution is 0.0480. The summed E-state index contributed by atoms with van der Waals surface area (Å²) in [5, 5.41) is 0.432. The highest BCUT2D eigenvalue weighted by atomic mass is 35.5. The first-order chi connectivity index (χ1) is 15.5. The third-order valence-electron chi connectivity index (χ3n) is 5.86. The smallest absolute Gasteiger partial charge is 0.274 e. The van der Waals surface area contributed by atoms with Gasteiger partial charge in [-0.2, -0.15) is 0 Å². The van der Waals surface area contributed by atoms with Crippen LogP contribution in [0, 0.1) is 6.92 Å². The van der Waals surface area contributed by atoms with Crippen molar-refractivity contribution in [3.63, 3.8) is 0 Å². The summed E-state index contributed by atoms with van der Waals surface area (Å²) in [6.45, 7) is 2.53. The summed E-state index contributed by atoms with van der Waals surface area (Å²) in [5.74, 6) is 1.51. The van der Waals surface area contributed by atoms with E-state index in [0.29, 0.717) is 29.8 Å². The van der Waals surface area contributed by atoms with E-state index in [1.54, 1.807) is 33.0 Å². The second-order valence-corrected chi connectivity index (χ2v) is 8.50. The lowest BCUT2D eigenvalue weighted by atomic mass is 10.0. The molecule has 166 valence electrons. The number of hydrogen-bond acceptors (Lipinski definition) is 7. The maximum atomic E-state index is 15.3. The van der Waals surface area contributed by atoms with E-state index in [0.717, 1.165) is 18.7 Å². The van der Waals surface area contributed by atoms with E-state index in [1.165, 1.54) is 18.6 Å². The van der Waals surface area contributed by atoms with E-state index >= 15 is 4.39 Å². The highest BCUT2D eigenvalue weighted by Gasteiger charge is 2.44. The van der Waals surface area contributed by atoms with Crippen molar-refractivity contribution in [3.05, 3.63) is 53.7 Å². The fourth-order valence-electron chi connectivity index (χ4n) is 4.10. The summed E-state index contributed by atoms with van der Waals surface area (Å²) >= 11 is 5.85. The topological polar surface area (TPSA) is 92.9 Å². The Labute approximate surface area is 189 Å². The van der Waals surface area contributed by atoms with Gasteiger partial charge in [-0.05, 0) is 26.2 Å². The first-order valence-corrected chi connectivity index (χ1v) is 10.9. The van der Waals surface area contributed by atoms with Gasteiger partial charge in [0.2, 0.25) is 5.95 Å². The average Bonchev–Trinajstić information content (AvgIpc) is 3.55. The number of piperidine rings is 1.